The fraction of sp³-hybridized carbons (Fsp3) is 0.417. The van der Waals surface area contributed by atoms with Crippen LogP contribution in [0, 0.1) is 11.7 Å². The van der Waals surface area contributed by atoms with Crippen molar-refractivity contribution in [3.05, 3.63) is 71.6 Å². The van der Waals surface area contributed by atoms with Crippen LogP contribution in [-0.2, 0) is 6.54 Å². The summed E-state index contributed by atoms with van der Waals surface area (Å²) in [7, 11) is 0. The minimum atomic E-state index is -0.177. The Morgan fingerprint density at radius 2 is 1.85 bits per heavy atom. The van der Waals surface area contributed by atoms with E-state index in [1.165, 1.54) is 42.9 Å². The second-order valence-corrected chi connectivity index (χ2v) is 8.25. The quantitative estimate of drug-likeness (QED) is 0.678. The Bertz CT molecular complexity index is 843. The number of hydrogen-bond acceptors (Lipinski definition) is 2. The van der Waals surface area contributed by atoms with Gasteiger partial charge < -0.3 is 4.74 Å². The van der Waals surface area contributed by atoms with Gasteiger partial charge in [-0.3, -0.25) is 4.90 Å². The number of ether oxygens (including phenoxy) is 1. The molecule has 27 heavy (non-hydrogen) atoms. The first kappa shape index (κ1) is 17.0. The van der Waals surface area contributed by atoms with E-state index in [-0.39, 0.29) is 5.82 Å². The molecule has 0 amide bonds. The number of benzene rings is 2. The third-order valence-corrected chi connectivity index (χ3v) is 6.21. The summed E-state index contributed by atoms with van der Waals surface area (Å²) in [6, 6.07) is 16.7. The molecule has 2 atom stereocenters. The minimum Gasteiger partial charge on any atom is -0.493 e. The highest BCUT2D eigenvalue weighted by Gasteiger charge is 2.37. The van der Waals surface area contributed by atoms with Gasteiger partial charge in [-0.25, -0.2) is 4.39 Å². The van der Waals surface area contributed by atoms with Gasteiger partial charge in [-0.15, -0.1) is 0 Å². The van der Waals surface area contributed by atoms with Crippen molar-refractivity contribution in [2.45, 2.75) is 50.7 Å². The monoisotopic (exact) mass is 363 g/mol. The number of hydrogen-bond donors (Lipinski definition) is 0. The zero-order valence-corrected chi connectivity index (χ0v) is 15.6. The highest BCUT2D eigenvalue weighted by Crippen LogP contribution is 2.42. The summed E-state index contributed by atoms with van der Waals surface area (Å²) in [5.74, 6) is 1.37. The summed E-state index contributed by atoms with van der Waals surface area (Å²) in [5.41, 5.74) is 3.59. The van der Waals surface area contributed by atoms with Gasteiger partial charge in [-0.05, 0) is 67.4 Å². The van der Waals surface area contributed by atoms with E-state index < -0.39 is 0 Å². The third kappa shape index (κ3) is 3.66. The third-order valence-electron chi connectivity index (χ3n) is 6.21. The molecule has 140 valence electrons. The van der Waals surface area contributed by atoms with Gasteiger partial charge in [0.1, 0.15) is 11.6 Å². The molecule has 0 N–H and O–H groups in total. The maximum Gasteiger partial charge on any atom is 0.126 e. The summed E-state index contributed by atoms with van der Waals surface area (Å²) in [6.07, 6.45) is 8.27. The van der Waals surface area contributed by atoms with Gasteiger partial charge >= 0.3 is 0 Å². The van der Waals surface area contributed by atoms with E-state index in [1.807, 2.05) is 6.07 Å². The first-order chi connectivity index (χ1) is 13.3. The Morgan fingerprint density at radius 1 is 1.00 bits per heavy atom. The first-order valence-electron chi connectivity index (χ1n) is 10.2. The van der Waals surface area contributed by atoms with Crippen molar-refractivity contribution < 1.29 is 9.13 Å². The second kappa shape index (κ2) is 7.12. The van der Waals surface area contributed by atoms with Crippen molar-refractivity contribution in [2.75, 3.05) is 6.61 Å². The van der Waals surface area contributed by atoms with Crippen molar-refractivity contribution in [1.29, 1.82) is 0 Å². The molecule has 1 aliphatic carbocycles. The molecule has 3 heteroatoms. The van der Waals surface area contributed by atoms with Gasteiger partial charge in [0.25, 0.3) is 0 Å². The molecule has 5 rings (SSSR count). The van der Waals surface area contributed by atoms with E-state index in [9.17, 15) is 4.39 Å². The SMILES string of the molecule is Fc1ccc(OCC2CC2)c(C2=CC3CCC(C2)N3Cc2ccccc2)c1. The molecule has 2 aromatic carbocycles. The molecular formula is C24H26FNO. The predicted molar refractivity (Wildman–Crippen MR) is 106 cm³/mol. The lowest BCUT2D eigenvalue weighted by molar-refractivity contribution is 0.203. The maximum absolute atomic E-state index is 14.0. The van der Waals surface area contributed by atoms with E-state index in [0.29, 0.717) is 18.0 Å². The first-order valence-corrected chi connectivity index (χ1v) is 10.2. The lowest BCUT2D eigenvalue weighted by Crippen LogP contribution is -2.37. The Labute approximate surface area is 160 Å². The summed E-state index contributed by atoms with van der Waals surface area (Å²) in [5, 5.41) is 0. The van der Waals surface area contributed by atoms with Crippen LogP contribution in [-0.4, -0.2) is 23.6 Å². The van der Waals surface area contributed by atoms with Gasteiger partial charge in [0.2, 0.25) is 0 Å². The normalized spacial score (nSPS) is 24.7. The molecule has 0 aromatic heterocycles. The largest absolute Gasteiger partial charge is 0.493 e. The number of halogens is 1. The molecule has 1 saturated carbocycles. The molecule has 2 fully saturated rings. The van der Waals surface area contributed by atoms with Crippen LogP contribution < -0.4 is 4.74 Å². The summed E-state index contributed by atoms with van der Waals surface area (Å²) in [6.45, 7) is 1.76. The van der Waals surface area contributed by atoms with Crippen molar-refractivity contribution in [2.24, 2.45) is 5.92 Å². The zero-order chi connectivity index (χ0) is 18.2. The van der Waals surface area contributed by atoms with Crippen LogP contribution in [0.4, 0.5) is 4.39 Å². The van der Waals surface area contributed by atoms with Crippen LogP contribution in [0.25, 0.3) is 5.57 Å². The fourth-order valence-electron chi connectivity index (χ4n) is 4.53. The van der Waals surface area contributed by atoms with Crippen molar-refractivity contribution >= 4 is 5.57 Å². The molecule has 2 bridgehead atoms. The lowest BCUT2D eigenvalue weighted by atomic mass is 9.93. The molecule has 2 aromatic rings. The van der Waals surface area contributed by atoms with Crippen LogP contribution in [0.5, 0.6) is 5.75 Å². The van der Waals surface area contributed by atoms with Crippen LogP contribution in [0.3, 0.4) is 0 Å². The van der Waals surface area contributed by atoms with Crippen molar-refractivity contribution in [1.82, 2.24) is 4.90 Å². The molecule has 1 saturated heterocycles. The average molecular weight is 363 g/mol. The van der Waals surface area contributed by atoms with Crippen molar-refractivity contribution in [3.8, 4) is 5.75 Å². The van der Waals surface area contributed by atoms with Gasteiger partial charge in [0.05, 0.1) is 6.61 Å². The molecular weight excluding hydrogens is 337 g/mol. The molecule has 3 aliphatic rings. The smallest absolute Gasteiger partial charge is 0.126 e. The number of nitrogens with zero attached hydrogens (tertiary/aromatic N) is 1. The fourth-order valence-corrected chi connectivity index (χ4v) is 4.53. The van der Waals surface area contributed by atoms with Gasteiger partial charge in [0, 0.05) is 24.2 Å². The lowest BCUT2D eigenvalue weighted by Gasteiger charge is -2.34. The predicted octanol–water partition coefficient (Wildman–Crippen LogP) is 5.43. The Balaban J connectivity index is 1.39. The molecule has 0 radical (unpaired) electrons. The summed E-state index contributed by atoms with van der Waals surface area (Å²) >= 11 is 0. The maximum atomic E-state index is 14.0. The van der Waals surface area contributed by atoms with E-state index in [2.05, 4.69) is 41.3 Å². The van der Waals surface area contributed by atoms with Crippen LogP contribution >= 0.6 is 0 Å². The van der Waals surface area contributed by atoms with Gasteiger partial charge in [-0.2, -0.15) is 0 Å². The summed E-state index contributed by atoms with van der Waals surface area (Å²) < 4.78 is 20.1. The standard InChI is InChI=1S/C24H26FNO/c25-20-8-11-24(27-16-18-6-7-18)23(14-20)19-12-21-9-10-22(13-19)26(21)15-17-4-2-1-3-5-17/h1-5,8,11-12,14,18,21-22H,6-7,9-10,13,15-16H2. The number of rotatable bonds is 6. The van der Waals surface area contributed by atoms with Crippen LogP contribution in [0.2, 0.25) is 0 Å². The van der Waals surface area contributed by atoms with Crippen LogP contribution in [0.15, 0.2) is 54.6 Å². The van der Waals surface area contributed by atoms with Crippen LogP contribution in [0.1, 0.15) is 43.2 Å². The molecule has 0 spiro atoms. The van der Waals surface area contributed by atoms with E-state index in [1.54, 1.807) is 6.07 Å². The Hall–Kier alpha value is -2.13. The molecule has 2 aliphatic heterocycles. The Kier molecular flexibility index (Phi) is 4.48. The highest BCUT2D eigenvalue weighted by atomic mass is 19.1. The van der Waals surface area contributed by atoms with Gasteiger partial charge in [0.15, 0.2) is 0 Å². The minimum absolute atomic E-state index is 0.177. The zero-order valence-electron chi connectivity index (χ0n) is 15.6. The van der Waals surface area contributed by atoms with E-state index >= 15 is 0 Å². The summed E-state index contributed by atoms with van der Waals surface area (Å²) in [4.78, 5) is 2.61. The van der Waals surface area contributed by atoms with Gasteiger partial charge in [-0.1, -0.05) is 36.4 Å². The van der Waals surface area contributed by atoms with E-state index in [0.717, 1.165) is 30.9 Å². The highest BCUT2D eigenvalue weighted by molar-refractivity contribution is 5.72. The second-order valence-electron chi connectivity index (χ2n) is 8.25. The molecule has 2 heterocycles. The van der Waals surface area contributed by atoms with Crippen molar-refractivity contribution in [3.63, 3.8) is 0 Å². The number of fused-ring (bicyclic) bond motifs is 2. The molecule has 2 nitrogen and oxygen atoms in total. The van der Waals surface area contributed by atoms with E-state index in [4.69, 9.17) is 4.74 Å². The average Bonchev–Trinajstić information content (AvgIpc) is 3.48. The molecule has 2 unspecified atom stereocenters. The topological polar surface area (TPSA) is 12.5 Å². The Morgan fingerprint density at radius 3 is 2.63 bits per heavy atom.